The van der Waals surface area contributed by atoms with Crippen molar-refractivity contribution >= 4 is 0 Å². The highest BCUT2D eigenvalue weighted by atomic mass is 14.9. The lowest BCUT2D eigenvalue weighted by molar-refractivity contribution is 0.562. The van der Waals surface area contributed by atoms with E-state index in [1.165, 1.54) is 56.1 Å². The summed E-state index contributed by atoms with van der Waals surface area (Å²) in [4.78, 5) is 0. The van der Waals surface area contributed by atoms with Crippen LogP contribution in [0.1, 0.15) is 49.7 Å². The topological polar surface area (TPSA) is 12.0 Å². The molecule has 1 aliphatic rings. The van der Waals surface area contributed by atoms with E-state index in [1.54, 1.807) is 5.57 Å². The van der Waals surface area contributed by atoms with Crippen LogP contribution in [0.3, 0.4) is 0 Å². The van der Waals surface area contributed by atoms with E-state index in [1.807, 2.05) is 0 Å². The van der Waals surface area contributed by atoms with Gasteiger partial charge >= 0.3 is 0 Å². The molecule has 1 N–H and O–H groups in total. The van der Waals surface area contributed by atoms with E-state index < -0.39 is 0 Å². The average molecular weight is 257 g/mol. The van der Waals surface area contributed by atoms with E-state index in [0.717, 1.165) is 0 Å². The highest BCUT2D eigenvalue weighted by Crippen LogP contribution is 2.22. The third-order valence-electron chi connectivity index (χ3n) is 4.18. The molecule has 0 spiro atoms. The number of hydrogen-bond donors (Lipinski definition) is 1. The summed E-state index contributed by atoms with van der Waals surface area (Å²) >= 11 is 0. The molecule has 0 aliphatic heterocycles. The van der Waals surface area contributed by atoms with Gasteiger partial charge in [0, 0.05) is 6.04 Å². The first-order valence-electron chi connectivity index (χ1n) is 7.71. The summed E-state index contributed by atoms with van der Waals surface area (Å²) in [6.07, 6.45) is 11.6. The minimum Gasteiger partial charge on any atom is -0.313 e. The van der Waals surface area contributed by atoms with Crippen LogP contribution in [0, 0.1) is 6.92 Å². The van der Waals surface area contributed by atoms with Gasteiger partial charge in [0.05, 0.1) is 0 Å². The van der Waals surface area contributed by atoms with E-state index in [0.29, 0.717) is 6.04 Å². The number of rotatable bonds is 5. The molecule has 1 heteroatoms. The number of likely N-dealkylation sites (N-methyl/N-ethyl adjacent to an activating group) is 1. The van der Waals surface area contributed by atoms with Crippen molar-refractivity contribution in [3.63, 3.8) is 0 Å². The molecule has 1 atom stereocenters. The van der Waals surface area contributed by atoms with Crippen molar-refractivity contribution in [1.29, 1.82) is 0 Å². The van der Waals surface area contributed by atoms with Gasteiger partial charge in [-0.1, -0.05) is 47.9 Å². The second-order valence-electron chi connectivity index (χ2n) is 5.75. The lowest BCUT2D eigenvalue weighted by Crippen LogP contribution is -2.28. The Kier molecular flexibility index (Phi) is 5.65. The van der Waals surface area contributed by atoms with Crippen molar-refractivity contribution in [1.82, 2.24) is 5.32 Å². The molecular weight excluding hydrogens is 230 g/mol. The molecule has 0 saturated carbocycles. The van der Waals surface area contributed by atoms with Gasteiger partial charge in [-0.15, -0.1) is 0 Å². The van der Waals surface area contributed by atoms with Crippen molar-refractivity contribution < 1.29 is 0 Å². The highest BCUT2D eigenvalue weighted by Gasteiger charge is 2.13. The maximum absolute atomic E-state index is 3.52. The molecule has 0 amide bonds. The first-order chi connectivity index (χ1) is 9.29. The third-order valence-corrected chi connectivity index (χ3v) is 4.18. The number of aryl methyl sites for hydroxylation is 2. The Morgan fingerprint density at radius 1 is 1.21 bits per heavy atom. The van der Waals surface area contributed by atoms with Gasteiger partial charge < -0.3 is 5.32 Å². The Bertz CT molecular complexity index is 419. The van der Waals surface area contributed by atoms with Gasteiger partial charge in [0.25, 0.3) is 0 Å². The highest BCUT2D eigenvalue weighted by molar-refractivity contribution is 5.23. The van der Waals surface area contributed by atoms with Crippen molar-refractivity contribution in [2.45, 2.75) is 57.9 Å². The lowest BCUT2D eigenvalue weighted by atomic mass is 9.95. The predicted octanol–water partition coefficient (Wildman–Crippen LogP) is 4.41. The van der Waals surface area contributed by atoms with Crippen LogP contribution in [0.4, 0.5) is 0 Å². The van der Waals surface area contributed by atoms with E-state index >= 15 is 0 Å². The summed E-state index contributed by atoms with van der Waals surface area (Å²) in [5, 5.41) is 3.52. The molecule has 0 radical (unpaired) electrons. The Hall–Kier alpha value is -1.08. The second kappa shape index (κ2) is 7.49. The van der Waals surface area contributed by atoms with Crippen LogP contribution < -0.4 is 5.32 Å². The Morgan fingerprint density at radius 3 is 2.89 bits per heavy atom. The van der Waals surface area contributed by atoms with Gasteiger partial charge in [-0.25, -0.2) is 0 Å². The maximum Gasteiger partial charge on any atom is 0.0279 e. The SMILES string of the molecule is CNC(CCc1cccc(C)c1)C1=CCCCCC1. The van der Waals surface area contributed by atoms with Gasteiger partial charge in [-0.2, -0.15) is 0 Å². The summed E-state index contributed by atoms with van der Waals surface area (Å²) in [7, 11) is 2.10. The molecule has 1 nitrogen and oxygen atoms in total. The Balaban J connectivity index is 1.93. The van der Waals surface area contributed by atoms with Gasteiger partial charge in [0.1, 0.15) is 0 Å². The standard InChI is InChI=1S/C18H27N/c1-15-8-7-9-16(14-15)12-13-18(19-2)17-10-5-3-4-6-11-17/h7-10,14,18-19H,3-6,11-13H2,1-2H3. The van der Waals surface area contributed by atoms with Crippen molar-refractivity contribution in [2.75, 3.05) is 7.05 Å². The van der Waals surface area contributed by atoms with Gasteiger partial charge in [0.2, 0.25) is 0 Å². The largest absolute Gasteiger partial charge is 0.313 e. The van der Waals surface area contributed by atoms with Gasteiger partial charge in [-0.05, 0) is 58.1 Å². The van der Waals surface area contributed by atoms with Crippen LogP contribution in [0.2, 0.25) is 0 Å². The molecule has 0 fully saturated rings. The molecule has 1 unspecified atom stereocenters. The van der Waals surface area contributed by atoms with E-state index in [4.69, 9.17) is 0 Å². The fourth-order valence-corrected chi connectivity index (χ4v) is 3.05. The molecule has 2 rings (SSSR count). The zero-order valence-electron chi connectivity index (χ0n) is 12.4. The van der Waals surface area contributed by atoms with Crippen LogP contribution in [-0.2, 0) is 6.42 Å². The van der Waals surface area contributed by atoms with Crippen LogP contribution in [0.5, 0.6) is 0 Å². The van der Waals surface area contributed by atoms with Gasteiger partial charge in [0.15, 0.2) is 0 Å². The van der Waals surface area contributed by atoms with Crippen LogP contribution >= 0.6 is 0 Å². The molecular formula is C18H27N. The normalized spacial score (nSPS) is 17.7. The fourth-order valence-electron chi connectivity index (χ4n) is 3.05. The van der Waals surface area contributed by atoms with E-state index in [9.17, 15) is 0 Å². The van der Waals surface area contributed by atoms with Crippen LogP contribution in [-0.4, -0.2) is 13.1 Å². The van der Waals surface area contributed by atoms with E-state index in [2.05, 4.69) is 49.6 Å². The maximum atomic E-state index is 3.52. The summed E-state index contributed by atoms with van der Waals surface area (Å²) in [5.41, 5.74) is 4.48. The van der Waals surface area contributed by atoms with Gasteiger partial charge in [-0.3, -0.25) is 0 Å². The monoisotopic (exact) mass is 257 g/mol. The Labute approximate surface area is 118 Å². The summed E-state index contributed by atoms with van der Waals surface area (Å²) in [5.74, 6) is 0. The summed E-state index contributed by atoms with van der Waals surface area (Å²) in [6, 6.07) is 9.48. The first kappa shape index (κ1) is 14.3. The zero-order chi connectivity index (χ0) is 13.5. The lowest BCUT2D eigenvalue weighted by Gasteiger charge is -2.19. The molecule has 1 aromatic carbocycles. The predicted molar refractivity (Wildman–Crippen MR) is 83.5 cm³/mol. The minimum atomic E-state index is 0.568. The van der Waals surface area contributed by atoms with Crippen LogP contribution in [0.25, 0.3) is 0 Å². The molecule has 1 aliphatic carbocycles. The summed E-state index contributed by atoms with van der Waals surface area (Å²) in [6.45, 7) is 2.17. The summed E-state index contributed by atoms with van der Waals surface area (Å²) < 4.78 is 0. The zero-order valence-corrected chi connectivity index (χ0v) is 12.4. The average Bonchev–Trinajstić information content (AvgIpc) is 2.69. The number of allylic oxidation sites excluding steroid dienone is 1. The Morgan fingerprint density at radius 2 is 2.11 bits per heavy atom. The number of benzene rings is 1. The smallest absolute Gasteiger partial charge is 0.0279 e. The van der Waals surface area contributed by atoms with E-state index in [-0.39, 0.29) is 0 Å². The second-order valence-corrected chi connectivity index (χ2v) is 5.75. The molecule has 104 valence electrons. The van der Waals surface area contributed by atoms with Crippen molar-refractivity contribution in [2.24, 2.45) is 0 Å². The molecule has 0 aromatic heterocycles. The number of hydrogen-bond acceptors (Lipinski definition) is 1. The minimum absolute atomic E-state index is 0.568. The molecule has 1 aromatic rings. The fraction of sp³-hybridized carbons (Fsp3) is 0.556. The quantitative estimate of drug-likeness (QED) is 0.771. The molecule has 0 bridgehead atoms. The van der Waals surface area contributed by atoms with Crippen molar-refractivity contribution in [3.8, 4) is 0 Å². The van der Waals surface area contributed by atoms with Crippen molar-refractivity contribution in [3.05, 3.63) is 47.0 Å². The first-order valence-corrected chi connectivity index (χ1v) is 7.71. The molecule has 19 heavy (non-hydrogen) atoms. The number of nitrogens with one attached hydrogen (secondary N) is 1. The molecule has 0 saturated heterocycles. The van der Waals surface area contributed by atoms with Crippen LogP contribution in [0.15, 0.2) is 35.9 Å². The molecule has 0 heterocycles. The third kappa shape index (κ3) is 4.50.